The monoisotopic (exact) mass is 276 g/mol. The van der Waals surface area contributed by atoms with Crippen molar-refractivity contribution in [3.63, 3.8) is 0 Å². The predicted molar refractivity (Wildman–Crippen MR) is 80.4 cm³/mol. The summed E-state index contributed by atoms with van der Waals surface area (Å²) in [6.07, 6.45) is 0.585. The first-order valence-electron chi connectivity index (χ1n) is 6.71. The number of aromatic nitrogens is 4. The van der Waals surface area contributed by atoms with E-state index >= 15 is 0 Å². The molecular weight excluding hydrogens is 264 g/mol. The lowest BCUT2D eigenvalue weighted by Crippen LogP contribution is -2.15. The molecule has 4 rings (SSSR count). The van der Waals surface area contributed by atoms with Gasteiger partial charge < -0.3 is 0 Å². The molecule has 0 aliphatic rings. The summed E-state index contributed by atoms with van der Waals surface area (Å²) in [5.41, 5.74) is 2.32. The van der Waals surface area contributed by atoms with E-state index in [4.69, 9.17) is 0 Å². The van der Waals surface area contributed by atoms with Crippen LogP contribution in [0.2, 0.25) is 0 Å². The Balaban J connectivity index is 2.02. The summed E-state index contributed by atoms with van der Waals surface area (Å²) < 4.78 is 1.55. The molecule has 0 atom stereocenters. The average molecular weight is 276 g/mol. The predicted octanol–water partition coefficient (Wildman–Crippen LogP) is 2.16. The lowest BCUT2D eigenvalue weighted by atomic mass is 10.1. The Morgan fingerprint density at radius 1 is 1.00 bits per heavy atom. The fraction of sp³-hybridized carbons (Fsp3) is 0.0625. The van der Waals surface area contributed by atoms with Gasteiger partial charge in [0.2, 0.25) is 0 Å². The molecule has 0 radical (unpaired) electrons. The van der Waals surface area contributed by atoms with Gasteiger partial charge in [-0.05, 0) is 17.7 Å². The molecule has 0 saturated carbocycles. The Morgan fingerprint density at radius 3 is 2.62 bits per heavy atom. The van der Waals surface area contributed by atoms with E-state index in [1.54, 1.807) is 4.40 Å². The van der Waals surface area contributed by atoms with Crippen molar-refractivity contribution in [2.24, 2.45) is 0 Å². The minimum Gasteiger partial charge on any atom is -0.246 e. The van der Waals surface area contributed by atoms with Crippen molar-refractivity contribution >= 4 is 16.6 Å². The van der Waals surface area contributed by atoms with E-state index in [2.05, 4.69) is 15.2 Å². The van der Waals surface area contributed by atoms with Crippen LogP contribution in [0.3, 0.4) is 0 Å². The number of H-pyrrole nitrogens is 1. The van der Waals surface area contributed by atoms with Crippen LogP contribution in [0.15, 0.2) is 59.4 Å². The fourth-order valence-electron chi connectivity index (χ4n) is 2.56. The van der Waals surface area contributed by atoms with Gasteiger partial charge in [0.05, 0.1) is 5.52 Å². The maximum Gasteiger partial charge on any atom is 0.349 e. The highest BCUT2D eigenvalue weighted by atomic mass is 16.1. The molecule has 2 aromatic heterocycles. The largest absolute Gasteiger partial charge is 0.349 e. The van der Waals surface area contributed by atoms with E-state index < -0.39 is 0 Å². The molecule has 2 aromatic carbocycles. The highest BCUT2D eigenvalue weighted by molar-refractivity contribution is 5.91. The number of nitrogens with one attached hydrogen (secondary N) is 1. The van der Waals surface area contributed by atoms with Crippen LogP contribution < -0.4 is 5.69 Å². The number of rotatable bonds is 2. The van der Waals surface area contributed by atoms with E-state index in [0.717, 1.165) is 16.5 Å². The molecule has 2 heterocycles. The third-order valence-corrected chi connectivity index (χ3v) is 3.53. The number of hydrogen-bond acceptors (Lipinski definition) is 3. The Labute approximate surface area is 119 Å². The second-order valence-electron chi connectivity index (χ2n) is 4.90. The van der Waals surface area contributed by atoms with Crippen LogP contribution >= 0.6 is 0 Å². The molecule has 0 bridgehead atoms. The van der Waals surface area contributed by atoms with Crippen molar-refractivity contribution < 1.29 is 0 Å². The summed E-state index contributed by atoms with van der Waals surface area (Å²) >= 11 is 0. The summed E-state index contributed by atoms with van der Waals surface area (Å²) in [5.74, 6) is 0.689. The van der Waals surface area contributed by atoms with Crippen molar-refractivity contribution in [3.05, 3.63) is 76.5 Å². The van der Waals surface area contributed by atoms with Gasteiger partial charge in [0.25, 0.3) is 0 Å². The molecule has 0 unspecified atom stereocenters. The van der Waals surface area contributed by atoms with Gasteiger partial charge in [-0.25, -0.2) is 19.3 Å². The van der Waals surface area contributed by atoms with Crippen LogP contribution in [0.25, 0.3) is 16.6 Å². The van der Waals surface area contributed by atoms with Crippen LogP contribution in [0.1, 0.15) is 11.4 Å². The lowest BCUT2D eigenvalue weighted by molar-refractivity contribution is 0.900. The summed E-state index contributed by atoms with van der Waals surface area (Å²) in [4.78, 5) is 16.7. The summed E-state index contributed by atoms with van der Waals surface area (Å²) in [6.45, 7) is 0. The summed E-state index contributed by atoms with van der Waals surface area (Å²) in [7, 11) is 0. The van der Waals surface area contributed by atoms with Crippen molar-refractivity contribution in [2.75, 3.05) is 0 Å². The van der Waals surface area contributed by atoms with E-state index in [0.29, 0.717) is 17.9 Å². The highest BCUT2D eigenvalue weighted by Crippen LogP contribution is 2.18. The smallest absolute Gasteiger partial charge is 0.246 e. The van der Waals surface area contributed by atoms with Crippen molar-refractivity contribution in [1.29, 1.82) is 0 Å². The Morgan fingerprint density at radius 2 is 1.76 bits per heavy atom. The number of para-hydroxylation sites is 1. The molecule has 1 N–H and O–H groups in total. The summed E-state index contributed by atoms with van der Waals surface area (Å²) in [6, 6.07) is 17.7. The van der Waals surface area contributed by atoms with Gasteiger partial charge in [-0.15, -0.1) is 0 Å². The molecule has 0 aliphatic heterocycles. The average Bonchev–Trinajstić information content (AvgIpc) is 2.91. The third-order valence-electron chi connectivity index (χ3n) is 3.53. The minimum atomic E-state index is -0.255. The number of aromatic amines is 1. The van der Waals surface area contributed by atoms with Crippen LogP contribution in [0, 0.1) is 0 Å². The fourth-order valence-corrected chi connectivity index (χ4v) is 2.56. The summed E-state index contributed by atoms with van der Waals surface area (Å²) in [5, 5.41) is 7.51. The van der Waals surface area contributed by atoms with Crippen LogP contribution in [0.5, 0.6) is 0 Å². The van der Waals surface area contributed by atoms with Gasteiger partial charge in [-0.3, -0.25) is 0 Å². The Hall–Kier alpha value is -2.95. The van der Waals surface area contributed by atoms with Gasteiger partial charge >= 0.3 is 5.69 Å². The van der Waals surface area contributed by atoms with Crippen LogP contribution in [-0.2, 0) is 6.42 Å². The molecule has 0 spiro atoms. The zero-order valence-electron chi connectivity index (χ0n) is 11.2. The van der Waals surface area contributed by atoms with Crippen LogP contribution in [0.4, 0.5) is 0 Å². The number of nitrogens with zero attached hydrogens (tertiary/aromatic N) is 3. The Kier molecular flexibility index (Phi) is 2.57. The molecule has 0 amide bonds. The quantitative estimate of drug-likeness (QED) is 0.610. The minimum absolute atomic E-state index is 0.255. The van der Waals surface area contributed by atoms with Gasteiger partial charge in [0, 0.05) is 11.8 Å². The first kappa shape index (κ1) is 11.8. The molecule has 5 nitrogen and oxygen atoms in total. The maximum atomic E-state index is 12.0. The zero-order valence-corrected chi connectivity index (χ0v) is 11.2. The molecule has 0 aliphatic carbocycles. The van der Waals surface area contributed by atoms with E-state index in [9.17, 15) is 4.79 Å². The van der Waals surface area contributed by atoms with Crippen molar-refractivity contribution in [3.8, 4) is 0 Å². The maximum absolute atomic E-state index is 12.0. The third kappa shape index (κ3) is 1.90. The molecule has 0 saturated heterocycles. The van der Waals surface area contributed by atoms with E-state index in [1.165, 1.54) is 0 Å². The Bertz CT molecular complexity index is 985. The highest BCUT2D eigenvalue weighted by Gasteiger charge is 2.12. The van der Waals surface area contributed by atoms with Gasteiger partial charge in [0.1, 0.15) is 5.82 Å². The van der Waals surface area contributed by atoms with Crippen LogP contribution in [-0.4, -0.2) is 19.6 Å². The van der Waals surface area contributed by atoms with Gasteiger partial charge in [-0.1, -0.05) is 42.5 Å². The second-order valence-corrected chi connectivity index (χ2v) is 4.90. The standard InChI is InChI=1S/C16H12N4O/c21-16-19-18-15-12-8-4-5-9-13(12)17-14(20(15)16)10-11-6-2-1-3-7-11/h1-9H,10H2,(H,19,21). The molecular formula is C16H12N4O. The van der Waals surface area contributed by atoms with Crippen molar-refractivity contribution in [1.82, 2.24) is 19.6 Å². The van der Waals surface area contributed by atoms with E-state index in [1.807, 2.05) is 54.6 Å². The first-order chi connectivity index (χ1) is 10.3. The normalized spacial score (nSPS) is 11.2. The van der Waals surface area contributed by atoms with Gasteiger partial charge in [0.15, 0.2) is 5.65 Å². The first-order valence-corrected chi connectivity index (χ1v) is 6.71. The number of fused-ring (bicyclic) bond motifs is 3. The van der Waals surface area contributed by atoms with E-state index in [-0.39, 0.29) is 5.69 Å². The zero-order chi connectivity index (χ0) is 14.2. The lowest BCUT2D eigenvalue weighted by Gasteiger charge is -2.06. The number of hydrogen-bond donors (Lipinski definition) is 1. The molecule has 102 valence electrons. The second kappa shape index (κ2) is 4.56. The molecule has 4 aromatic rings. The number of benzene rings is 2. The molecule has 0 fully saturated rings. The van der Waals surface area contributed by atoms with Gasteiger partial charge in [-0.2, -0.15) is 5.10 Å². The molecule has 5 heteroatoms. The molecule has 21 heavy (non-hydrogen) atoms. The topological polar surface area (TPSA) is 63.0 Å². The SMILES string of the molecule is O=c1[nH]nc2c3ccccc3nc(Cc3ccccc3)n12. The van der Waals surface area contributed by atoms with Crippen molar-refractivity contribution in [2.45, 2.75) is 6.42 Å².